The summed E-state index contributed by atoms with van der Waals surface area (Å²) in [7, 11) is 2.03. The molecule has 0 aliphatic carbocycles. The van der Waals surface area contributed by atoms with E-state index in [0.29, 0.717) is 11.4 Å². The number of aromatic nitrogens is 2. The SMILES string of the molecule is [C-]#[N+]c1cnc2oc3ccc(C)c(-c4cccc[n+]4C)c3c2c1. The molecule has 0 atom stereocenters. The summed E-state index contributed by atoms with van der Waals surface area (Å²) in [6.45, 7) is 9.31. The highest BCUT2D eigenvalue weighted by Gasteiger charge is 2.20. The third-order valence-electron chi connectivity index (χ3n) is 4.13. The molecule has 3 heterocycles. The molecular formula is C19H14N3O+. The Morgan fingerprint density at radius 3 is 2.87 bits per heavy atom. The topological polar surface area (TPSA) is 34.3 Å². The van der Waals surface area contributed by atoms with E-state index >= 15 is 0 Å². The highest BCUT2D eigenvalue weighted by molar-refractivity contribution is 6.12. The fraction of sp³-hybridized carbons (Fsp3) is 0.105. The number of pyridine rings is 2. The zero-order chi connectivity index (χ0) is 16.0. The molecule has 0 aliphatic rings. The number of benzene rings is 1. The van der Waals surface area contributed by atoms with Gasteiger partial charge >= 0.3 is 0 Å². The monoisotopic (exact) mass is 300 g/mol. The third-order valence-corrected chi connectivity index (χ3v) is 4.13. The van der Waals surface area contributed by atoms with E-state index in [9.17, 15) is 0 Å². The number of rotatable bonds is 1. The van der Waals surface area contributed by atoms with Crippen LogP contribution in [-0.2, 0) is 7.05 Å². The fourth-order valence-corrected chi connectivity index (χ4v) is 3.02. The molecule has 0 amide bonds. The van der Waals surface area contributed by atoms with Gasteiger partial charge in [0.1, 0.15) is 12.6 Å². The Hall–Kier alpha value is -3.19. The van der Waals surface area contributed by atoms with Gasteiger partial charge in [-0.1, -0.05) is 6.07 Å². The van der Waals surface area contributed by atoms with Gasteiger partial charge in [0, 0.05) is 29.1 Å². The van der Waals surface area contributed by atoms with Crippen LogP contribution in [0, 0.1) is 13.5 Å². The molecule has 0 radical (unpaired) electrons. The van der Waals surface area contributed by atoms with Crippen LogP contribution in [0.1, 0.15) is 5.56 Å². The van der Waals surface area contributed by atoms with Crippen LogP contribution in [0.4, 0.5) is 5.69 Å². The molecule has 4 heteroatoms. The van der Waals surface area contributed by atoms with Gasteiger partial charge in [-0.15, -0.1) is 0 Å². The number of hydrogen-bond donors (Lipinski definition) is 0. The van der Waals surface area contributed by atoms with Gasteiger partial charge in [0.25, 0.3) is 0 Å². The molecule has 3 aromatic heterocycles. The van der Waals surface area contributed by atoms with Crippen molar-refractivity contribution < 1.29 is 8.98 Å². The van der Waals surface area contributed by atoms with Gasteiger partial charge < -0.3 is 4.42 Å². The first-order valence-electron chi connectivity index (χ1n) is 7.33. The predicted octanol–water partition coefficient (Wildman–Crippen LogP) is 4.33. The smallest absolute Gasteiger partial charge is 0.224 e. The Morgan fingerprint density at radius 1 is 1.22 bits per heavy atom. The minimum atomic E-state index is 0.519. The lowest BCUT2D eigenvalue weighted by Gasteiger charge is -2.06. The van der Waals surface area contributed by atoms with Crippen molar-refractivity contribution in [2.75, 3.05) is 0 Å². The maximum absolute atomic E-state index is 7.22. The van der Waals surface area contributed by atoms with Crippen molar-refractivity contribution in [3.05, 3.63) is 65.8 Å². The Labute approximate surface area is 133 Å². The Kier molecular flexibility index (Phi) is 2.88. The van der Waals surface area contributed by atoms with E-state index in [4.69, 9.17) is 11.0 Å². The van der Waals surface area contributed by atoms with Crippen LogP contribution in [0.3, 0.4) is 0 Å². The number of fused-ring (bicyclic) bond motifs is 3. The van der Waals surface area contributed by atoms with Crippen molar-refractivity contribution in [1.82, 2.24) is 4.98 Å². The molecule has 4 aromatic rings. The molecule has 1 aromatic carbocycles. The van der Waals surface area contributed by atoms with Gasteiger partial charge in [-0.2, -0.15) is 0 Å². The minimum absolute atomic E-state index is 0.519. The number of aryl methyl sites for hydroxylation is 2. The first-order chi connectivity index (χ1) is 11.2. The van der Waals surface area contributed by atoms with E-state index in [1.165, 1.54) is 0 Å². The largest absolute Gasteiger partial charge is 0.438 e. The highest BCUT2D eigenvalue weighted by atomic mass is 16.3. The minimum Gasteiger partial charge on any atom is -0.438 e. The second-order valence-electron chi connectivity index (χ2n) is 5.59. The van der Waals surface area contributed by atoms with Gasteiger partial charge in [0.2, 0.25) is 17.1 Å². The van der Waals surface area contributed by atoms with Crippen LogP contribution in [0.5, 0.6) is 0 Å². The van der Waals surface area contributed by atoms with Gasteiger partial charge in [0.15, 0.2) is 6.20 Å². The van der Waals surface area contributed by atoms with E-state index in [0.717, 1.165) is 33.2 Å². The van der Waals surface area contributed by atoms with E-state index in [1.54, 1.807) is 6.20 Å². The second-order valence-corrected chi connectivity index (χ2v) is 5.59. The molecule has 0 bridgehead atoms. The average molecular weight is 300 g/mol. The molecule has 0 fully saturated rings. The zero-order valence-corrected chi connectivity index (χ0v) is 12.9. The fourth-order valence-electron chi connectivity index (χ4n) is 3.02. The van der Waals surface area contributed by atoms with Crippen LogP contribution >= 0.6 is 0 Å². The van der Waals surface area contributed by atoms with Crippen molar-refractivity contribution in [1.29, 1.82) is 0 Å². The Morgan fingerprint density at radius 2 is 2.09 bits per heavy atom. The van der Waals surface area contributed by atoms with Gasteiger partial charge in [0.05, 0.1) is 12.1 Å². The first kappa shape index (κ1) is 13.5. The number of furan rings is 1. The number of hydrogen-bond acceptors (Lipinski definition) is 2. The summed E-state index contributed by atoms with van der Waals surface area (Å²) in [5.74, 6) is 0. The Bertz CT molecular complexity index is 1100. The van der Waals surface area contributed by atoms with E-state index in [2.05, 4.69) is 33.5 Å². The molecule has 110 valence electrons. The average Bonchev–Trinajstić information content (AvgIpc) is 2.93. The lowest BCUT2D eigenvalue weighted by atomic mass is 9.98. The first-order valence-corrected chi connectivity index (χ1v) is 7.33. The molecule has 0 spiro atoms. The summed E-state index contributed by atoms with van der Waals surface area (Å²) in [5, 5.41) is 1.90. The molecule has 0 N–H and O–H groups in total. The van der Waals surface area contributed by atoms with E-state index < -0.39 is 0 Å². The maximum atomic E-state index is 7.22. The standard InChI is InChI=1S/C19H14N3O/c1-12-7-8-16-18(17(12)15-6-4-5-9-22(15)3)14-10-13(20-2)11-21-19(14)23-16/h4-11H,1,3H3/q+1. The predicted molar refractivity (Wildman–Crippen MR) is 89.1 cm³/mol. The lowest BCUT2D eigenvalue weighted by molar-refractivity contribution is -0.660. The maximum Gasteiger partial charge on any atom is 0.224 e. The van der Waals surface area contributed by atoms with Gasteiger partial charge in [-0.05, 0) is 30.7 Å². The van der Waals surface area contributed by atoms with Gasteiger partial charge in [-0.3, -0.25) is 0 Å². The summed E-state index contributed by atoms with van der Waals surface area (Å²) in [6, 6.07) is 12.0. The summed E-state index contributed by atoms with van der Waals surface area (Å²) >= 11 is 0. The molecule has 4 nitrogen and oxygen atoms in total. The summed E-state index contributed by atoms with van der Waals surface area (Å²) in [4.78, 5) is 7.78. The van der Waals surface area contributed by atoms with Crippen molar-refractivity contribution >= 4 is 27.8 Å². The molecule has 0 unspecified atom stereocenters. The highest BCUT2D eigenvalue weighted by Crippen LogP contribution is 2.37. The van der Waals surface area contributed by atoms with Gasteiger partial charge in [-0.25, -0.2) is 14.4 Å². The number of nitrogens with zero attached hydrogens (tertiary/aromatic N) is 3. The van der Waals surface area contributed by atoms with Crippen LogP contribution in [0.15, 0.2) is 53.2 Å². The lowest BCUT2D eigenvalue weighted by Crippen LogP contribution is -2.30. The van der Waals surface area contributed by atoms with Crippen LogP contribution in [0.2, 0.25) is 0 Å². The Balaban J connectivity index is 2.21. The zero-order valence-electron chi connectivity index (χ0n) is 12.9. The third kappa shape index (κ3) is 1.98. The molecule has 0 saturated carbocycles. The van der Waals surface area contributed by atoms with Crippen LogP contribution in [0.25, 0.3) is 38.2 Å². The van der Waals surface area contributed by atoms with Crippen molar-refractivity contribution in [2.45, 2.75) is 6.92 Å². The molecule has 0 aliphatic heterocycles. The molecule has 23 heavy (non-hydrogen) atoms. The normalized spacial score (nSPS) is 11.0. The second kappa shape index (κ2) is 4.92. The van der Waals surface area contributed by atoms with Crippen LogP contribution in [-0.4, -0.2) is 4.98 Å². The molecule has 4 rings (SSSR count). The quantitative estimate of drug-likeness (QED) is 0.387. The summed E-state index contributed by atoms with van der Waals surface area (Å²) in [5.41, 5.74) is 5.26. The molecular weight excluding hydrogens is 286 g/mol. The van der Waals surface area contributed by atoms with E-state index in [1.807, 2.05) is 37.5 Å². The van der Waals surface area contributed by atoms with E-state index in [-0.39, 0.29) is 0 Å². The summed E-state index contributed by atoms with van der Waals surface area (Å²) < 4.78 is 7.98. The molecule has 0 saturated heterocycles. The van der Waals surface area contributed by atoms with Crippen molar-refractivity contribution in [2.24, 2.45) is 7.05 Å². The summed E-state index contributed by atoms with van der Waals surface area (Å²) in [6.07, 6.45) is 3.57. The van der Waals surface area contributed by atoms with Crippen molar-refractivity contribution in [3.63, 3.8) is 0 Å². The van der Waals surface area contributed by atoms with Crippen molar-refractivity contribution in [3.8, 4) is 11.3 Å². The van der Waals surface area contributed by atoms with Crippen LogP contribution < -0.4 is 4.57 Å².